The van der Waals surface area contributed by atoms with Crippen LogP contribution in [-0.2, 0) is 4.79 Å². The molecule has 0 saturated heterocycles. The molecule has 0 spiro atoms. The average Bonchev–Trinajstić information content (AvgIpc) is 2.88. The number of thiazole rings is 1. The van der Waals surface area contributed by atoms with Crippen molar-refractivity contribution in [2.75, 3.05) is 0 Å². The molecule has 2 aromatic rings. The van der Waals surface area contributed by atoms with Gasteiger partial charge in [0.15, 0.2) is 0 Å². The first-order chi connectivity index (χ1) is 9.56. The molecule has 0 aliphatic carbocycles. The number of carboxylic acids is 1. The van der Waals surface area contributed by atoms with Gasteiger partial charge >= 0.3 is 5.97 Å². The predicted molar refractivity (Wildman–Crippen MR) is 78.5 cm³/mol. The summed E-state index contributed by atoms with van der Waals surface area (Å²) >= 11 is 1.43. The van der Waals surface area contributed by atoms with Gasteiger partial charge < -0.3 is 9.84 Å². The van der Waals surface area contributed by atoms with Gasteiger partial charge in [-0.1, -0.05) is 43.4 Å². The number of para-hydroxylation sites is 1. The van der Waals surface area contributed by atoms with E-state index in [0.717, 1.165) is 11.4 Å². The number of aromatic nitrogens is 1. The molecule has 1 aromatic heterocycles. The monoisotopic (exact) mass is 291 g/mol. The van der Waals surface area contributed by atoms with E-state index in [0.29, 0.717) is 11.6 Å². The minimum absolute atomic E-state index is 0.102. The van der Waals surface area contributed by atoms with Crippen molar-refractivity contribution in [2.24, 2.45) is 5.92 Å². The van der Waals surface area contributed by atoms with E-state index in [1.54, 1.807) is 6.92 Å². The number of benzene rings is 1. The Morgan fingerprint density at radius 2 is 2.05 bits per heavy atom. The van der Waals surface area contributed by atoms with E-state index in [1.807, 2.05) is 42.6 Å². The van der Waals surface area contributed by atoms with Gasteiger partial charge in [0.05, 0.1) is 11.6 Å². The number of hydrogen-bond donors (Lipinski definition) is 1. The quantitative estimate of drug-likeness (QED) is 0.868. The Bertz CT molecular complexity index is 568. The van der Waals surface area contributed by atoms with Crippen molar-refractivity contribution in [3.05, 3.63) is 41.4 Å². The zero-order valence-electron chi connectivity index (χ0n) is 11.4. The highest BCUT2D eigenvalue weighted by Crippen LogP contribution is 2.30. The van der Waals surface area contributed by atoms with Crippen molar-refractivity contribution < 1.29 is 14.6 Å². The van der Waals surface area contributed by atoms with Crippen molar-refractivity contribution >= 4 is 17.3 Å². The first-order valence-corrected chi connectivity index (χ1v) is 7.35. The second-order valence-electron chi connectivity index (χ2n) is 4.83. The molecular weight excluding hydrogens is 274 g/mol. The molecular formula is C15H17NO3S. The number of hydrogen-bond acceptors (Lipinski definition) is 4. The molecule has 0 saturated carbocycles. The largest absolute Gasteiger partial charge is 0.481 e. The average molecular weight is 291 g/mol. The predicted octanol–water partition coefficient (Wildman–Crippen LogP) is 4.15. The third-order valence-corrected chi connectivity index (χ3v) is 3.82. The molecule has 1 N–H and O–H groups in total. The van der Waals surface area contributed by atoms with E-state index in [4.69, 9.17) is 9.84 Å². The highest BCUT2D eigenvalue weighted by Gasteiger charge is 2.18. The minimum atomic E-state index is -0.771. The molecule has 4 nitrogen and oxygen atoms in total. The van der Waals surface area contributed by atoms with Crippen LogP contribution in [0.1, 0.15) is 31.9 Å². The number of carbonyl (C=O) groups is 1. The SMILES string of the molecule is CC(CC(C)c1csc(Oc2ccccc2)n1)C(=O)O. The zero-order valence-corrected chi connectivity index (χ0v) is 12.3. The van der Waals surface area contributed by atoms with Crippen LogP contribution in [-0.4, -0.2) is 16.1 Å². The first-order valence-electron chi connectivity index (χ1n) is 6.47. The molecule has 0 amide bonds. The summed E-state index contributed by atoms with van der Waals surface area (Å²) in [5.41, 5.74) is 0.883. The fourth-order valence-electron chi connectivity index (χ4n) is 1.88. The van der Waals surface area contributed by atoms with Crippen molar-refractivity contribution in [3.8, 4) is 10.9 Å². The van der Waals surface area contributed by atoms with E-state index in [2.05, 4.69) is 4.98 Å². The minimum Gasteiger partial charge on any atom is -0.481 e. The highest BCUT2D eigenvalue weighted by molar-refractivity contribution is 7.11. The van der Waals surface area contributed by atoms with Gasteiger partial charge in [0.2, 0.25) is 0 Å². The first kappa shape index (κ1) is 14.5. The number of nitrogens with zero attached hydrogens (tertiary/aromatic N) is 1. The molecule has 0 radical (unpaired) electrons. The van der Waals surface area contributed by atoms with Crippen molar-refractivity contribution in [1.29, 1.82) is 0 Å². The molecule has 2 atom stereocenters. The maximum absolute atomic E-state index is 10.9. The van der Waals surface area contributed by atoms with Gasteiger partial charge in [0.1, 0.15) is 5.75 Å². The summed E-state index contributed by atoms with van der Waals surface area (Å²) in [6, 6.07) is 9.48. The topological polar surface area (TPSA) is 59.4 Å². The Hall–Kier alpha value is -1.88. The standard InChI is InChI=1S/C15H17NO3S/c1-10(8-11(2)14(17)18)13-9-20-15(16-13)19-12-6-4-3-5-7-12/h3-7,9-11H,8H2,1-2H3,(H,17,18). The van der Waals surface area contributed by atoms with Crippen LogP contribution in [0.15, 0.2) is 35.7 Å². The number of rotatable bonds is 6. The van der Waals surface area contributed by atoms with Crippen LogP contribution < -0.4 is 4.74 Å². The lowest BCUT2D eigenvalue weighted by Gasteiger charge is -2.11. The smallest absolute Gasteiger partial charge is 0.306 e. The zero-order chi connectivity index (χ0) is 14.5. The van der Waals surface area contributed by atoms with Crippen LogP contribution in [0.2, 0.25) is 0 Å². The van der Waals surface area contributed by atoms with Gasteiger partial charge in [-0.3, -0.25) is 4.79 Å². The third kappa shape index (κ3) is 3.81. The van der Waals surface area contributed by atoms with E-state index in [9.17, 15) is 4.79 Å². The lowest BCUT2D eigenvalue weighted by Crippen LogP contribution is -2.12. The Morgan fingerprint density at radius 3 is 2.70 bits per heavy atom. The van der Waals surface area contributed by atoms with E-state index in [1.165, 1.54) is 11.3 Å². The molecule has 20 heavy (non-hydrogen) atoms. The third-order valence-electron chi connectivity index (χ3n) is 3.08. The van der Waals surface area contributed by atoms with Crippen LogP contribution in [0.3, 0.4) is 0 Å². The normalized spacial score (nSPS) is 13.7. The maximum atomic E-state index is 10.9. The molecule has 0 aliphatic heterocycles. The molecule has 1 aromatic carbocycles. The molecule has 0 aliphatic rings. The summed E-state index contributed by atoms with van der Waals surface area (Å²) in [5.74, 6) is -0.288. The second-order valence-corrected chi connectivity index (χ2v) is 5.65. The molecule has 5 heteroatoms. The van der Waals surface area contributed by atoms with Crippen molar-refractivity contribution in [1.82, 2.24) is 4.98 Å². The van der Waals surface area contributed by atoms with Crippen LogP contribution in [0.4, 0.5) is 0 Å². The van der Waals surface area contributed by atoms with Gasteiger partial charge in [-0.05, 0) is 18.6 Å². The number of aliphatic carboxylic acids is 1. The molecule has 2 rings (SSSR count). The fourth-order valence-corrected chi connectivity index (χ4v) is 2.69. The Morgan fingerprint density at radius 1 is 1.35 bits per heavy atom. The molecule has 0 fully saturated rings. The molecule has 106 valence electrons. The molecule has 0 bridgehead atoms. The fraction of sp³-hybridized carbons (Fsp3) is 0.333. The highest BCUT2D eigenvalue weighted by atomic mass is 32.1. The van der Waals surface area contributed by atoms with Crippen molar-refractivity contribution in [3.63, 3.8) is 0 Å². The Kier molecular flexibility index (Phi) is 4.74. The summed E-state index contributed by atoms with van der Waals surface area (Å²) < 4.78 is 5.65. The summed E-state index contributed by atoms with van der Waals surface area (Å²) in [5, 5.41) is 11.4. The van der Waals surface area contributed by atoms with Gasteiger partial charge in [0, 0.05) is 11.3 Å². The molecule has 2 unspecified atom stereocenters. The van der Waals surface area contributed by atoms with Crippen LogP contribution in [0.25, 0.3) is 0 Å². The Labute approximate surface area is 122 Å². The van der Waals surface area contributed by atoms with Crippen LogP contribution in [0, 0.1) is 5.92 Å². The van der Waals surface area contributed by atoms with E-state index in [-0.39, 0.29) is 11.8 Å². The lowest BCUT2D eigenvalue weighted by atomic mass is 9.95. The summed E-state index contributed by atoms with van der Waals surface area (Å²) in [4.78, 5) is 15.3. The van der Waals surface area contributed by atoms with Crippen LogP contribution >= 0.6 is 11.3 Å². The summed E-state index contributed by atoms with van der Waals surface area (Å²) in [7, 11) is 0. The van der Waals surface area contributed by atoms with Gasteiger partial charge in [0.25, 0.3) is 5.19 Å². The summed E-state index contributed by atoms with van der Waals surface area (Å²) in [6.07, 6.45) is 0.573. The van der Waals surface area contributed by atoms with Gasteiger partial charge in [-0.2, -0.15) is 0 Å². The van der Waals surface area contributed by atoms with Crippen LogP contribution in [0.5, 0.6) is 10.9 Å². The second kappa shape index (κ2) is 6.52. The molecule has 1 heterocycles. The van der Waals surface area contributed by atoms with Gasteiger partial charge in [-0.15, -0.1) is 0 Å². The number of carboxylic acid groups (broad SMARTS) is 1. The van der Waals surface area contributed by atoms with Gasteiger partial charge in [-0.25, -0.2) is 4.98 Å². The lowest BCUT2D eigenvalue weighted by molar-refractivity contribution is -0.141. The van der Waals surface area contributed by atoms with E-state index < -0.39 is 5.97 Å². The maximum Gasteiger partial charge on any atom is 0.306 e. The van der Waals surface area contributed by atoms with E-state index >= 15 is 0 Å². The van der Waals surface area contributed by atoms with Crippen molar-refractivity contribution in [2.45, 2.75) is 26.2 Å². The number of ether oxygens (including phenoxy) is 1. The Balaban J connectivity index is 2.00. The summed E-state index contributed by atoms with van der Waals surface area (Å²) in [6.45, 7) is 3.70.